The number of benzene rings is 1. The smallest absolute Gasteiger partial charge is 0.0455 e. The highest BCUT2D eigenvalue weighted by atomic mass is 35.5. The van der Waals surface area contributed by atoms with Crippen LogP contribution in [0.3, 0.4) is 0 Å². The van der Waals surface area contributed by atoms with Gasteiger partial charge in [0.25, 0.3) is 0 Å². The van der Waals surface area contributed by atoms with E-state index >= 15 is 0 Å². The van der Waals surface area contributed by atoms with Crippen LogP contribution in [0, 0.1) is 6.92 Å². The highest BCUT2D eigenvalue weighted by molar-refractivity contribution is 6.31. The van der Waals surface area contributed by atoms with Gasteiger partial charge in [0.05, 0.1) is 0 Å². The van der Waals surface area contributed by atoms with Crippen molar-refractivity contribution < 1.29 is 0 Å². The zero-order chi connectivity index (χ0) is 13.1. The summed E-state index contributed by atoms with van der Waals surface area (Å²) < 4.78 is 0. The molecule has 0 aliphatic carbocycles. The van der Waals surface area contributed by atoms with Crippen molar-refractivity contribution in [2.45, 2.75) is 19.9 Å². The third-order valence-corrected chi connectivity index (χ3v) is 4.11. The first-order valence-corrected chi connectivity index (χ1v) is 6.95. The maximum Gasteiger partial charge on any atom is 0.0455 e. The molecule has 0 saturated carbocycles. The summed E-state index contributed by atoms with van der Waals surface area (Å²) >= 11 is 6.19. The molecule has 3 nitrogen and oxygen atoms in total. The summed E-state index contributed by atoms with van der Waals surface area (Å²) in [6.07, 6.45) is 0. The van der Waals surface area contributed by atoms with Crippen molar-refractivity contribution in [3.63, 3.8) is 0 Å². The van der Waals surface area contributed by atoms with Crippen LogP contribution in [0.5, 0.6) is 0 Å². The molecule has 0 aromatic heterocycles. The van der Waals surface area contributed by atoms with Gasteiger partial charge in [-0.05, 0) is 31.5 Å². The minimum absolute atomic E-state index is 0.544. The second-order valence-electron chi connectivity index (χ2n) is 5.05. The lowest BCUT2D eigenvalue weighted by Crippen LogP contribution is -2.53. The molecule has 18 heavy (non-hydrogen) atoms. The van der Waals surface area contributed by atoms with Crippen molar-refractivity contribution in [2.75, 3.05) is 37.6 Å². The average Bonchev–Trinajstić information content (AvgIpc) is 2.35. The SMILES string of the molecule is Cc1ccc(N2CCN(CCN)C(C)C2)cc1Cl. The molecule has 1 saturated heterocycles. The van der Waals surface area contributed by atoms with E-state index in [4.69, 9.17) is 17.3 Å². The van der Waals surface area contributed by atoms with Gasteiger partial charge in [-0.1, -0.05) is 17.7 Å². The average molecular weight is 268 g/mol. The Kier molecular flexibility index (Phi) is 4.49. The fourth-order valence-electron chi connectivity index (χ4n) is 2.51. The number of nitrogens with two attached hydrogens (primary N) is 1. The number of nitrogens with zero attached hydrogens (tertiary/aromatic N) is 2. The number of hydrogen-bond acceptors (Lipinski definition) is 3. The fraction of sp³-hybridized carbons (Fsp3) is 0.571. The first-order chi connectivity index (χ1) is 8.61. The van der Waals surface area contributed by atoms with Crippen molar-refractivity contribution in [2.24, 2.45) is 5.73 Å². The van der Waals surface area contributed by atoms with Gasteiger partial charge >= 0.3 is 0 Å². The van der Waals surface area contributed by atoms with E-state index in [0.717, 1.165) is 43.3 Å². The molecule has 1 aromatic rings. The number of piperazine rings is 1. The Balaban J connectivity index is 2.05. The molecule has 1 aromatic carbocycles. The molecule has 2 N–H and O–H groups in total. The van der Waals surface area contributed by atoms with Gasteiger partial charge in [-0.3, -0.25) is 4.90 Å². The van der Waals surface area contributed by atoms with E-state index in [-0.39, 0.29) is 0 Å². The zero-order valence-electron chi connectivity index (χ0n) is 11.2. The van der Waals surface area contributed by atoms with E-state index in [1.807, 2.05) is 6.92 Å². The molecule has 1 atom stereocenters. The topological polar surface area (TPSA) is 32.5 Å². The molecule has 0 amide bonds. The van der Waals surface area contributed by atoms with Crippen LogP contribution in [0.4, 0.5) is 5.69 Å². The summed E-state index contributed by atoms with van der Waals surface area (Å²) in [5.41, 5.74) is 7.99. The molecule has 1 unspecified atom stereocenters. The number of anilines is 1. The zero-order valence-corrected chi connectivity index (χ0v) is 12.0. The molecular weight excluding hydrogens is 246 g/mol. The number of rotatable bonds is 3. The van der Waals surface area contributed by atoms with E-state index in [9.17, 15) is 0 Å². The lowest BCUT2D eigenvalue weighted by atomic mass is 10.1. The Morgan fingerprint density at radius 1 is 1.39 bits per heavy atom. The van der Waals surface area contributed by atoms with Crippen molar-refractivity contribution >= 4 is 17.3 Å². The summed E-state index contributed by atoms with van der Waals surface area (Å²) in [7, 11) is 0. The Hall–Kier alpha value is -0.770. The highest BCUT2D eigenvalue weighted by Crippen LogP contribution is 2.25. The third-order valence-electron chi connectivity index (χ3n) is 3.70. The summed E-state index contributed by atoms with van der Waals surface area (Å²) in [6.45, 7) is 9.18. The van der Waals surface area contributed by atoms with Crippen LogP contribution in [0.25, 0.3) is 0 Å². The minimum atomic E-state index is 0.544. The molecule has 1 fully saturated rings. The molecule has 1 heterocycles. The second-order valence-corrected chi connectivity index (χ2v) is 5.46. The first kappa shape index (κ1) is 13.7. The van der Waals surface area contributed by atoms with E-state index < -0.39 is 0 Å². The quantitative estimate of drug-likeness (QED) is 0.911. The largest absolute Gasteiger partial charge is 0.369 e. The molecule has 1 aliphatic heterocycles. The lowest BCUT2D eigenvalue weighted by Gasteiger charge is -2.41. The van der Waals surface area contributed by atoms with Gasteiger partial charge in [0, 0.05) is 49.5 Å². The van der Waals surface area contributed by atoms with Crippen LogP contribution in [0.1, 0.15) is 12.5 Å². The molecule has 4 heteroatoms. The van der Waals surface area contributed by atoms with E-state index in [2.05, 4.69) is 34.9 Å². The Bertz CT molecular complexity index is 408. The van der Waals surface area contributed by atoms with Crippen molar-refractivity contribution in [3.8, 4) is 0 Å². The van der Waals surface area contributed by atoms with Gasteiger partial charge in [0.2, 0.25) is 0 Å². The second kappa shape index (κ2) is 5.91. The van der Waals surface area contributed by atoms with Gasteiger partial charge < -0.3 is 10.6 Å². The minimum Gasteiger partial charge on any atom is -0.369 e. The van der Waals surface area contributed by atoms with Crippen LogP contribution in [-0.2, 0) is 0 Å². The molecule has 100 valence electrons. The van der Waals surface area contributed by atoms with E-state index in [1.165, 1.54) is 5.69 Å². The third kappa shape index (κ3) is 2.97. The predicted octanol–water partition coefficient (Wildman–Crippen LogP) is 2.12. The van der Waals surface area contributed by atoms with Crippen LogP contribution >= 0.6 is 11.6 Å². The van der Waals surface area contributed by atoms with Crippen LogP contribution in [-0.4, -0.2) is 43.7 Å². The Labute approximate surface area is 115 Å². The van der Waals surface area contributed by atoms with Crippen molar-refractivity contribution in [3.05, 3.63) is 28.8 Å². The van der Waals surface area contributed by atoms with Gasteiger partial charge in [0.15, 0.2) is 0 Å². The van der Waals surface area contributed by atoms with Gasteiger partial charge in [-0.25, -0.2) is 0 Å². The molecule has 0 bridgehead atoms. The maximum absolute atomic E-state index is 6.19. The van der Waals surface area contributed by atoms with Gasteiger partial charge in [0.1, 0.15) is 0 Å². The fourth-order valence-corrected chi connectivity index (χ4v) is 2.68. The monoisotopic (exact) mass is 267 g/mol. The first-order valence-electron chi connectivity index (χ1n) is 6.57. The molecule has 0 spiro atoms. The number of hydrogen-bond donors (Lipinski definition) is 1. The highest BCUT2D eigenvalue weighted by Gasteiger charge is 2.23. The number of halogens is 1. The summed E-state index contributed by atoms with van der Waals surface area (Å²) in [4.78, 5) is 4.86. The van der Waals surface area contributed by atoms with Gasteiger partial charge in [-0.15, -0.1) is 0 Å². The standard InChI is InChI=1S/C14H22ClN3/c1-11-3-4-13(9-14(11)15)18-8-7-17(6-5-16)12(2)10-18/h3-4,9,12H,5-8,10,16H2,1-2H3. The summed E-state index contributed by atoms with van der Waals surface area (Å²) in [5, 5.41) is 0.851. The Morgan fingerprint density at radius 2 is 2.17 bits per heavy atom. The lowest BCUT2D eigenvalue weighted by molar-refractivity contribution is 0.195. The van der Waals surface area contributed by atoms with Crippen LogP contribution in [0.15, 0.2) is 18.2 Å². The Morgan fingerprint density at radius 3 is 2.78 bits per heavy atom. The van der Waals surface area contributed by atoms with Crippen molar-refractivity contribution in [1.29, 1.82) is 0 Å². The van der Waals surface area contributed by atoms with Crippen molar-refractivity contribution in [1.82, 2.24) is 4.90 Å². The molecule has 1 aliphatic rings. The maximum atomic E-state index is 6.19. The number of aryl methyl sites for hydroxylation is 1. The summed E-state index contributed by atoms with van der Waals surface area (Å²) in [6, 6.07) is 6.87. The molecule has 0 radical (unpaired) electrons. The van der Waals surface area contributed by atoms with E-state index in [0.29, 0.717) is 6.04 Å². The van der Waals surface area contributed by atoms with Gasteiger partial charge in [-0.2, -0.15) is 0 Å². The van der Waals surface area contributed by atoms with Crippen LogP contribution in [0.2, 0.25) is 5.02 Å². The predicted molar refractivity (Wildman–Crippen MR) is 78.5 cm³/mol. The normalized spacial score (nSPS) is 21.3. The van der Waals surface area contributed by atoms with Crippen LogP contribution < -0.4 is 10.6 Å². The molecule has 2 rings (SSSR count). The molecular formula is C14H22ClN3. The summed E-state index contributed by atoms with van der Waals surface area (Å²) in [5.74, 6) is 0. The van der Waals surface area contributed by atoms with E-state index in [1.54, 1.807) is 0 Å².